The number of benzene rings is 1. The Morgan fingerprint density at radius 2 is 2.14 bits per heavy atom. The molecule has 6 nitrogen and oxygen atoms in total. The van der Waals surface area contributed by atoms with Crippen molar-refractivity contribution in [3.8, 4) is 5.75 Å². The van der Waals surface area contributed by atoms with Crippen LogP contribution >= 0.6 is 23.1 Å². The molecule has 0 spiro atoms. The van der Waals surface area contributed by atoms with E-state index in [0.29, 0.717) is 17.0 Å². The molecule has 1 aromatic heterocycles. The van der Waals surface area contributed by atoms with Crippen LogP contribution < -0.4 is 15.4 Å². The highest BCUT2D eigenvalue weighted by Crippen LogP contribution is 2.32. The second-order valence-corrected chi connectivity index (χ2v) is 9.94. The van der Waals surface area contributed by atoms with Gasteiger partial charge in [0, 0.05) is 17.8 Å². The third-order valence-electron chi connectivity index (χ3n) is 5.41. The maximum Gasteiger partial charge on any atom is 0.233 e. The number of hydrogen-bond donors (Lipinski definition) is 2. The third kappa shape index (κ3) is 5.38. The smallest absolute Gasteiger partial charge is 0.233 e. The summed E-state index contributed by atoms with van der Waals surface area (Å²) in [5.41, 5.74) is 0.887. The van der Waals surface area contributed by atoms with Gasteiger partial charge in [0.25, 0.3) is 0 Å². The lowest BCUT2D eigenvalue weighted by molar-refractivity contribution is -0.121. The molecule has 8 heteroatoms. The van der Waals surface area contributed by atoms with Crippen LogP contribution in [0, 0.1) is 11.8 Å². The molecule has 4 atom stereocenters. The van der Waals surface area contributed by atoms with E-state index in [4.69, 9.17) is 4.74 Å². The number of nitrogens with zero attached hydrogens (tertiary/aromatic N) is 2. The molecule has 3 rings (SSSR count). The Morgan fingerprint density at radius 3 is 2.93 bits per heavy atom. The first-order valence-electron chi connectivity index (χ1n) is 9.68. The van der Waals surface area contributed by atoms with Gasteiger partial charge in [-0.2, -0.15) is 0 Å². The fourth-order valence-electron chi connectivity index (χ4n) is 3.42. The van der Waals surface area contributed by atoms with Gasteiger partial charge in [0.05, 0.1) is 12.4 Å². The average Bonchev–Trinajstić information content (AvgIpc) is 3.12. The Kier molecular flexibility index (Phi) is 7.18. The molecule has 0 bridgehead atoms. The van der Waals surface area contributed by atoms with Crippen LogP contribution in [0.3, 0.4) is 0 Å². The van der Waals surface area contributed by atoms with Gasteiger partial charge in [0.15, 0.2) is 4.34 Å². The van der Waals surface area contributed by atoms with Crippen molar-refractivity contribution in [1.82, 2.24) is 15.5 Å². The van der Waals surface area contributed by atoms with Crippen molar-refractivity contribution in [2.75, 3.05) is 12.4 Å². The van der Waals surface area contributed by atoms with Crippen molar-refractivity contribution >= 4 is 39.8 Å². The summed E-state index contributed by atoms with van der Waals surface area (Å²) in [4.78, 5) is 12.6. The molecule has 152 valence electrons. The molecule has 1 aromatic carbocycles. The van der Waals surface area contributed by atoms with E-state index in [0.717, 1.165) is 22.2 Å². The molecule has 1 saturated carbocycles. The predicted octanol–water partition coefficient (Wildman–Crippen LogP) is 4.71. The van der Waals surface area contributed by atoms with Gasteiger partial charge in [-0.3, -0.25) is 4.79 Å². The minimum Gasteiger partial charge on any atom is -0.497 e. The zero-order valence-electron chi connectivity index (χ0n) is 16.8. The first kappa shape index (κ1) is 20.9. The monoisotopic (exact) mass is 420 g/mol. The zero-order valence-corrected chi connectivity index (χ0v) is 18.4. The van der Waals surface area contributed by atoms with Gasteiger partial charge in [0.1, 0.15) is 5.75 Å². The van der Waals surface area contributed by atoms with Crippen LogP contribution in [0.15, 0.2) is 28.6 Å². The second kappa shape index (κ2) is 9.60. The van der Waals surface area contributed by atoms with Gasteiger partial charge in [-0.1, -0.05) is 55.9 Å². The van der Waals surface area contributed by atoms with Gasteiger partial charge < -0.3 is 15.4 Å². The summed E-state index contributed by atoms with van der Waals surface area (Å²) >= 11 is 2.89. The van der Waals surface area contributed by atoms with Gasteiger partial charge in [-0.05, 0) is 37.3 Å². The van der Waals surface area contributed by atoms with Crippen molar-refractivity contribution in [3.63, 3.8) is 0 Å². The number of anilines is 2. The van der Waals surface area contributed by atoms with Crippen molar-refractivity contribution in [1.29, 1.82) is 0 Å². The lowest BCUT2D eigenvalue weighted by atomic mass is 9.78. The number of aromatic nitrogens is 2. The summed E-state index contributed by atoms with van der Waals surface area (Å²) in [6.07, 6.45) is 3.52. The van der Waals surface area contributed by atoms with Crippen molar-refractivity contribution in [2.24, 2.45) is 11.8 Å². The van der Waals surface area contributed by atoms with E-state index in [1.54, 1.807) is 7.11 Å². The summed E-state index contributed by atoms with van der Waals surface area (Å²) in [5, 5.41) is 15.4. The fourth-order valence-corrected chi connectivity index (χ4v) is 5.35. The number of carbonyl (C=O) groups is 1. The molecule has 1 heterocycles. The van der Waals surface area contributed by atoms with E-state index in [-0.39, 0.29) is 17.2 Å². The fraction of sp³-hybridized carbons (Fsp3) is 0.550. The zero-order chi connectivity index (χ0) is 20.1. The highest BCUT2D eigenvalue weighted by Gasteiger charge is 2.29. The van der Waals surface area contributed by atoms with Gasteiger partial charge in [-0.15, -0.1) is 10.2 Å². The number of nitrogens with one attached hydrogen (secondary N) is 2. The minimum atomic E-state index is -0.206. The largest absolute Gasteiger partial charge is 0.497 e. The van der Waals surface area contributed by atoms with Crippen LogP contribution in [-0.4, -0.2) is 34.5 Å². The van der Waals surface area contributed by atoms with E-state index >= 15 is 0 Å². The van der Waals surface area contributed by atoms with Crippen molar-refractivity contribution in [3.05, 3.63) is 24.3 Å². The first-order valence-corrected chi connectivity index (χ1v) is 11.4. The molecular formula is C20H28N4O2S2. The molecule has 0 aliphatic heterocycles. The third-order valence-corrected chi connectivity index (χ3v) is 7.43. The van der Waals surface area contributed by atoms with Crippen LogP contribution in [0.4, 0.5) is 10.8 Å². The van der Waals surface area contributed by atoms with Gasteiger partial charge >= 0.3 is 0 Å². The van der Waals surface area contributed by atoms with E-state index < -0.39 is 0 Å². The van der Waals surface area contributed by atoms with Crippen LogP contribution in [0.2, 0.25) is 0 Å². The molecule has 0 unspecified atom stereocenters. The molecule has 28 heavy (non-hydrogen) atoms. The van der Waals surface area contributed by atoms with E-state index in [1.165, 1.54) is 35.9 Å². The maximum atomic E-state index is 12.6. The number of rotatable bonds is 7. The summed E-state index contributed by atoms with van der Waals surface area (Å²) in [6, 6.07) is 7.92. The average molecular weight is 421 g/mol. The molecule has 0 radical (unpaired) electrons. The summed E-state index contributed by atoms with van der Waals surface area (Å²) in [7, 11) is 1.64. The van der Waals surface area contributed by atoms with E-state index in [2.05, 4.69) is 34.7 Å². The molecule has 1 amide bonds. The lowest BCUT2D eigenvalue weighted by Crippen LogP contribution is -2.46. The Morgan fingerprint density at radius 1 is 1.32 bits per heavy atom. The number of amides is 1. The quantitative estimate of drug-likeness (QED) is 0.632. The van der Waals surface area contributed by atoms with Gasteiger partial charge in [0.2, 0.25) is 11.0 Å². The van der Waals surface area contributed by atoms with Crippen LogP contribution in [0.25, 0.3) is 0 Å². The molecule has 0 saturated heterocycles. The summed E-state index contributed by atoms with van der Waals surface area (Å²) < 4.78 is 6.01. The number of thioether (sulfide) groups is 1. The predicted molar refractivity (Wildman–Crippen MR) is 116 cm³/mol. The molecule has 2 N–H and O–H groups in total. The highest BCUT2D eigenvalue weighted by atomic mass is 32.2. The van der Waals surface area contributed by atoms with E-state index in [9.17, 15) is 4.79 Å². The Bertz CT molecular complexity index is 798. The van der Waals surface area contributed by atoms with Crippen molar-refractivity contribution < 1.29 is 9.53 Å². The molecule has 1 aliphatic rings. The number of carbonyl (C=O) groups excluding carboxylic acids is 1. The molecule has 1 aliphatic carbocycles. The number of ether oxygens (including phenoxy) is 1. The molecular weight excluding hydrogens is 392 g/mol. The van der Waals surface area contributed by atoms with Crippen LogP contribution in [-0.2, 0) is 4.79 Å². The number of methoxy groups -OCH3 is 1. The van der Waals surface area contributed by atoms with Crippen LogP contribution in [0.5, 0.6) is 5.75 Å². The Balaban J connectivity index is 1.54. The van der Waals surface area contributed by atoms with Crippen LogP contribution in [0.1, 0.15) is 40.0 Å². The SMILES string of the molecule is COc1cccc(Nc2nnc(S[C@H](C)C(=O)N[C@H]3CCC[C@@H](C)[C@H]3C)s2)c1. The topological polar surface area (TPSA) is 76.1 Å². The Labute approximate surface area is 174 Å². The second-order valence-electron chi connectivity index (χ2n) is 7.37. The minimum absolute atomic E-state index is 0.0773. The molecule has 1 fully saturated rings. The first-order chi connectivity index (χ1) is 13.5. The van der Waals surface area contributed by atoms with E-state index in [1.807, 2.05) is 31.2 Å². The van der Waals surface area contributed by atoms with Crippen molar-refractivity contribution in [2.45, 2.75) is 55.7 Å². The maximum absolute atomic E-state index is 12.6. The van der Waals surface area contributed by atoms with Gasteiger partial charge in [-0.25, -0.2) is 0 Å². The Hall–Kier alpha value is -1.80. The number of hydrogen-bond acceptors (Lipinski definition) is 7. The lowest BCUT2D eigenvalue weighted by Gasteiger charge is -2.35. The highest BCUT2D eigenvalue weighted by molar-refractivity contribution is 8.02. The summed E-state index contributed by atoms with van der Waals surface area (Å²) in [5.74, 6) is 2.04. The summed E-state index contributed by atoms with van der Waals surface area (Å²) in [6.45, 7) is 6.45. The standard InChI is InChI=1S/C20H28N4O2S2/c1-12-7-5-10-17(13(12)2)22-18(25)14(3)27-20-24-23-19(28-20)21-15-8-6-9-16(11-15)26-4/h6,8-9,11-14,17H,5,7,10H2,1-4H3,(H,21,23)(H,22,25)/t12-,13-,14-,17+/m1/s1. The normalized spacial score (nSPS) is 23.1. The molecule has 2 aromatic rings.